The molecule has 2 aromatic carbocycles. The number of rotatable bonds is 18. The highest BCUT2D eigenvalue weighted by atomic mass is 32.2. The molecule has 3 aliphatic rings. The van der Waals surface area contributed by atoms with Crippen molar-refractivity contribution >= 4 is 50.8 Å². The van der Waals surface area contributed by atoms with E-state index in [1.807, 2.05) is 67.6 Å². The van der Waals surface area contributed by atoms with Gasteiger partial charge in [-0.3, -0.25) is 23.9 Å². The third-order valence-corrected chi connectivity index (χ3v) is 12.6. The van der Waals surface area contributed by atoms with E-state index in [0.717, 1.165) is 41.6 Å². The maximum Gasteiger partial charge on any atom is 0.407 e. The second-order valence-electron chi connectivity index (χ2n) is 15.0. The van der Waals surface area contributed by atoms with Gasteiger partial charge in [0.1, 0.15) is 17.6 Å². The first-order valence-electron chi connectivity index (χ1n) is 19.6. The van der Waals surface area contributed by atoms with E-state index in [1.165, 1.54) is 11.0 Å². The van der Waals surface area contributed by atoms with Gasteiger partial charge in [-0.05, 0) is 81.0 Å². The Morgan fingerprint density at radius 3 is 2.55 bits per heavy atom. The van der Waals surface area contributed by atoms with Gasteiger partial charge in [0.2, 0.25) is 21.8 Å². The standard InChI is InChI=1S/C42H51N5O8S/c1-3-5-17-34(39(50)47-23-13-18-36(47)38(49)45-42(27-30(42)4-2)40(51)46-56(53,54)31-20-21-31)44-41(52)55-24-12-7-6-9-14-28-19-22-33-32(25-28)37(48)26-35(43-33)29-15-10-8-11-16-29/h4,8-11,14-16,19,22,25-26,30-31,34,36H,2-3,5-7,12-13,17-18,20-21,23-24,27H2,1H3,(H,43,48)(H,44,52)(H,45,49)(H,46,51)/b14-9+/t30-,34+,36+,42-/m1/s1. The van der Waals surface area contributed by atoms with Crippen molar-refractivity contribution in [3.63, 3.8) is 0 Å². The maximum absolute atomic E-state index is 13.8. The number of H-pyrrole nitrogens is 1. The molecule has 2 aliphatic carbocycles. The fourth-order valence-corrected chi connectivity index (χ4v) is 8.63. The number of carbonyl (C=O) groups excluding carboxylic acids is 4. The van der Waals surface area contributed by atoms with E-state index in [-0.39, 0.29) is 18.5 Å². The van der Waals surface area contributed by atoms with E-state index in [2.05, 4.69) is 26.9 Å². The molecule has 4 amide bonds. The summed E-state index contributed by atoms with van der Waals surface area (Å²) in [6.07, 6.45) is 10.8. The lowest BCUT2D eigenvalue weighted by Crippen LogP contribution is -2.58. The van der Waals surface area contributed by atoms with Gasteiger partial charge in [-0.15, -0.1) is 6.58 Å². The average Bonchev–Trinajstić information content (AvgIpc) is 4.12. The van der Waals surface area contributed by atoms with E-state index in [1.54, 1.807) is 6.07 Å². The molecule has 14 heteroatoms. The molecule has 3 aromatic rings. The number of likely N-dealkylation sites (tertiary alicyclic amines) is 1. The molecule has 1 saturated heterocycles. The van der Waals surface area contributed by atoms with Gasteiger partial charge in [0.05, 0.1) is 11.9 Å². The molecule has 4 atom stereocenters. The third kappa shape index (κ3) is 9.58. The van der Waals surface area contributed by atoms with Crippen LogP contribution < -0.4 is 20.8 Å². The Morgan fingerprint density at radius 2 is 1.84 bits per heavy atom. The van der Waals surface area contributed by atoms with Crippen LogP contribution in [0.25, 0.3) is 28.2 Å². The van der Waals surface area contributed by atoms with Crippen LogP contribution in [0.3, 0.4) is 0 Å². The number of benzene rings is 2. The van der Waals surface area contributed by atoms with Crippen LogP contribution in [0.5, 0.6) is 0 Å². The Kier molecular flexibility index (Phi) is 12.8. The summed E-state index contributed by atoms with van der Waals surface area (Å²) in [5.41, 5.74) is 1.89. The van der Waals surface area contributed by atoms with Crippen molar-refractivity contribution in [1.29, 1.82) is 0 Å². The van der Waals surface area contributed by atoms with Crippen molar-refractivity contribution in [2.24, 2.45) is 5.92 Å². The number of ether oxygens (including phenoxy) is 1. The number of hydrogen-bond donors (Lipinski definition) is 4. The number of unbranched alkanes of at least 4 members (excludes halogenated alkanes) is 3. The third-order valence-electron chi connectivity index (χ3n) is 10.8. The van der Waals surface area contributed by atoms with Gasteiger partial charge in [0.25, 0.3) is 5.91 Å². The Balaban J connectivity index is 0.966. The number of nitrogens with one attached hydrogen (secondary N) is 4. The van der Waals surface area contributed by atoms with Gasteiger partial charge in [-0.25, -0.2) is 13.2 Å². The highest BCUT2D eigenvalue weighted by Crippen LogP contribution is 2.45. The lowest BCUT2D eigenvalue weighted by atomic mass is 10.1. The highest BCUT2D eigenvalue weighted by Gasteiger charge is 2.61. The summed E-state index contributed by atoms with van der Waals surface area (Å²) in [6, 6.07) is 15.3. The van der Waals surface area contributed by atoms with Crippen molar-refractivity contribution in [3.8, 4) is 11.3 Å². The molecule has 56 heavy (non-hydrogen) atoms. The minimum absolute atomic E-state index is 0.0534. The molecule has 0 radical (unpaired) electrons. The number of aromatic amines is 1. The molecule has 0 spiro atoms. The van der Waals surface area contributed by atoms with Gasteiger partial charge in [-0.1, -0.05) is 74.4 Å². The number of allylic oxidation sites excluding steroid dienone is 1. The smallest absolute Gasteiger partial charge is 0.407 e. The first kappa shape index (κ1) is 40.4. The summed E-state index contributed by atoms with van der Waals surface area (Å²) in [7, 11) is -3.82. The molecule has 2 heterocycles. The van der Waals surface area contributed by atoms with Crippen molar-refractivity contribution in [2.75, 3.05) is 13.2 Å². The fourth-order valence-electron chi connectivity index (χ4n) is 7.26. The number of nitrogens with zero attached hydrogens (tertiary/aromatic N) is 1. The minimum Gasteiger partial charge on any atom is -0.450 e. The Bertz CT molecular complexity index is 2150. The van der Waals surface area contributed by atoms with Crippen molar-refractivity contribution < 1.29 is 32.3 Å². The van der Waals surface area contributed by atoms with Crippen molar-refractivity contribution in [1.82, 2.24) is 25.2 Å². The van der Waals surface area contributed by atoms with Crippen molar-refractivity contribution in [3.05, 3.63) is 89.1 Å². The van der Waals surface area contributed by atoms with Crippen LogP contribution in [0, 0.1) is 5.92 Å². The SMILES string of the molecule is C=C[C@@H]1C[C@]1(NC(=O)[C@@H]1CCCN1C(=O)[C@H](CCCC)NC(=O)OCCCC/C=C/c1ccc2[nH]c(-c3ccccc3)cc(=O)c2c1)C(=O)NS(=O)(=O)C1CC1. The van der Waals surface area contributed by atoms with Crippen LogP contribution in [-0.2, 0) is 29.1 Å². The summed E-state index contributed by atoms with van der Waals surface area (Å²) in [5.74, 6) is -2.18. The quantitative estimate of drug-likeness (QED) is 0.0987. The summed E-state index contributed by atoms with van der Waals surface area (Å²) < 4.78 is 32.5. The molecular formula is C42H51N5O8S. The molecule has 3 fully saturated rings. The monoisotopic (exact) mass is 785 g/mol. The number of fused-ring (bicyclic) bond motifs is 1. The van der Waals surface area contributed by atoms with Gasteiger partial charge < -0.3 is 25.3 Å². The number of pyridine rings is 1. The average molecular weight is 786 g/mol. The predicted molar refractivity (Wildman–Crippen MR) is 215 cm³/mol. The molecule has 298 valence electrons. The zero-order valence-electron chi connectivity index (χ0n) is 31.8. The number of alkyl carbamates (subject to hydrolysis) is 1. The summed E-state index contributed by atoms with van der Waals surface area (Å²) >= 11 is 0. The number of amides is 4. The molecule has 2 saturated carbocycles. The zero-order valence-corrected chi connectivity index (χ0v) is 32.6. The van der Waals surface area contributed by atoms with Gasteiger partial charge in [0, 0.05) is 35.1 Å². The summed E-state index contributed by atoms with van der Waals surface area (Å²) in [4.78, 5) is 71.1. The highest BCUT2D eigenvalue weighted by molar-refractivity contribution is 7.91. The zero-order chi connectivity index (χ0) is 39.9. The minimum atomic E-state index is -3.82. The van der Waals surface area contributed by atoms with E-state index in [9.17, 15) is 32.4 Å². The lowest BCUT2D eigenvalue weighted by Gasteiger charge is -2.30. The largest absolute Gasteiger partial charge is 0.450 e. The Hall–Kier alpha value is -5.24. The number of carbonyl (C=O) groups is 4. The summed E-state index contributed by atoms with van der Waals surface area (Å²) in [6.45, 7) is 6.16. The predicted octanol–water partition coefficient (Wildman–Crippen LogP) is 5.32. The normalized spacial score (nSPS) is 21.1. The second kappa shape index (κ2) is 17.7. The van der Waals surface area contributed by atoms with Crippen LogP contribution >= 0.6 is 0 Å². The Labute approximate surface area is 327 Å². The first-order chi connectivity index (χ1) is 27.0. The van der Waals surface area contributed by atoms with Gasteiger partial charge >= 0.3 is 6.09 Å². The van der Waals surface area contributed by atoms with Crippen molar-refractivity contribution in [2.45, 2.75) is 100 Å². The van der Waals surface area contributed by atoms with Crippen LogP contribution in [0.15, 0.2) is 78.1 Å². The van der Waals surface area contributed by atoms with E-state index in [4.69, 9.17) is 4.74 Å². The van der Waals surface area contributed by atoms with Crippen LogP contribution in [0.4, 0.5) is 4.79 Å². The molecule has 1 aliphatic heterocycles. The molecule has 6 rings (SSSR count). The van der Waals surface area contributed by atoms with Crippen LogP contribution in [0.2, 0.25) is 0 Å². The molecule has 1 aromatic heterocycles. The molecule has 0 unspecified atom stereocenters. The maximum atomic E-state index is 13.8. The Morgan fingerprint density at radius 1 is 1.05 bits per heavy atom. The van der Waals surface area contributed by atoms with Crippen LogP contribution in [0.1, 0.15) is 83.1 Å². The number of aromatic nitrogens is 1. The van der Waals surface area contributed by atoms with Gasteiger partial charge in [0.15, 0.2) is 5.43 Å². The van der Waals surface area contributed by atoms with Crippen LogP contribution in [-0.4, -0.2) is 78.1 Å². The fraction of sp³-hybridized carbons (Fsp3) is 0.452. The van der Waals surface area contributed by atoms with E-state index < -0.39 is 62.6 Å². The van der Waals surface area contributed by atoms with E-state index in [0.29, 0.717) is 56.9 Å². The molecule has 13 nitrogen and oxygen atoms in total. The lowest BCUT2D eigenvalue weighted by molar-refractivity contribution is -0.141. The molecule has 0 bridgehead atoms. The molecule has 4 N–H and O–H groups in total. The topological polar surface area (TPSA) is 184 Å². The molecular weight excluding hydrogens is 735 g/mol. The second-order valence-corrected chi connectivity index (χ2v) is 16.9. The number of hydrogen-bond acceptors (Lipinski definition) is 8. The summed E-state index contributed by atoms with van der Waals surface area (Å²) in [5, 5.41) is 5.49. The first-order valence-corrected chi connectivity index (χ1v) is 21.1. The van der Waals surface area contributed by atoms with E-state index >= 15 is 0 Å². The van der Waals surface area contributed by atoms with Gasteiger partial charge in [-0.2, -0.15) is 0 Å². The number of sulfonamides is 1.